The number of halogens is 2. The van der Waals surface area contributed by atoms with Gasteiger partial charge in [-0.3, -0.25) is 0 Å². The normalized spacial score (nSPS) is 10.0. The number of hydrogen-bond donors (Lipinski definition) is 0. The van der Waals surface area contributed by atoms with Gasteiger partial charge >= 0.3 is 0 Å². The number of nitrogens with zero attached hydrogens (tertiary/aromatic N) is 2. The molecule has 0 aliphatic carbocycles. The Kier molecular flexibility index (Phi) is 2.97. The molecule has 5 heteroatoms. The predicted molar refractivity (Wildman–Crippen MR) is 45.2 cm³/mol. The number of nitriles is 1. The van der Waals surface area contributed by atoms with Crippen molar-refractivity contribution in [2.45, 2.75) is 13.3 Å². The van der Waals surface area contributed by atoms with Crippen LogP contribution in [0.25, 0.3) is 0 Å². The molecule has 0 spiro atoms. The van der Waals surface area contributed by atoms with E-state index < -0.39 is 12.1 Å². The Labute approximate surface area is 79.9 Å². The average Bonchev–Trinajstić information content (AvgIpc) is 2.17. The minimum atomic E-state index is -2.70. The number of aromatic nitrogens is 1. The van der Waals surface area contributed by atoms with Crippen LogP contribution in [0.3, 0.4) is 0 Å². The van der Waals surface area contributed by atoms with Gasteiger partial charge in [0.05, 0.1) is 18.4 Å². The SMILES string of the molecule is COc1cc(C#N)c(C)nc1C(F)F. The first-order chi connectivity index (χ1) is 6.60. The van der Waals surface area contributed by atoms with Crippen molar-refractivity contribution in [1.82, 2.24) is 4.98 Å². The maximum Gasteiger partial charge on any atom is 0.284 e. The van der Waals surface area contributed by atoms with E-state index in [0.717, 1.165) is 0 Å². The van der Waals surface area contributed by atoms with Gasteiger partial charge in [-0.15, -0.1) is 0 Å². The van der Waals surface area contributed by atoms with Crippen molar-refractivity contribution in [3.63, 3.8) is 0 Å². The van der Waals surface area contributed by atoms with E-state index in [-0.39, 0.29) is 17.0 Å². The summed E-state index contributed by atoms with van der Waals surface area (Å²) in [5, 5.41) is 8.63. The molecule has 0 atom stereocenters. The molecule has 0 amide bonds. The molecule has 0 aliphatic heterocycles. The number of rotatable bonds is 2. The highest BCUT2D eigenvalue weighted by Crippen LogP contribution is 2.28. The monoisotopic (exact) mass is 198 g/mol. The third kappa shape index (κ3) is 1.79. The summed E-state index contributed by atoms with van der Waals surface area (Å²) in [7, 11) is 1.26. The lowest BCUT2D eigenvalue weighted by molar-refractivity contribution is 0.141. The molecule has 0 N–H and O–H groups in total. The van der Waals surface area contributed by atoms with Gasteiger partial charge in [0.25, 0.3) is 6.43 Å². The molecule has 3 nitrogen and oxygen atoms in total. The molecule has 1 heterocycles. The summed E-state index contributed by atoms with van der Waals surface area (Å²) in [5.41, 5.74) is 0.0962. The third-order valence-corrected chi connectivity index (χ3v) is 1.75. The van der Waals surface area contributed by atoms with Crippen LogP contribution in [0.15, 0.2) is 6.07 Å². The molecular weight excluding hydrogens is 190 g/mol. The van der Waals surface area contributed by atoms with E-state index in [1.54, 1.807) is 0 Å². The summed E-state index contributed by atoms with van der Waals surface area (Å²) in [6, 6.07) is 3.12. The van der Waals surface area contributed by atoms with Gasteiger partial charge in [-0.25, -0.2) is 13.8 Å². The van der Waals surface area contributed by atoms with Crippen molar-refractivity contribution in [3.05, 3.63) is 23.0 Å². The number of alkyl halides is 2. The second-order valence-electron chi connectivity index (χ2n) is 2.62. The summed E-state index contributed by atoms with van der Waals surface area (Å²) < 4.78 is 29.5. The molecule has 0 saturated carbocycles. The number of methoxy groups -OCH3 is 1. The van der Waals surface area contributed by atoms with Crippen LogP contribution in [0.4, 0.5) is 8.78 Å². The molecule has 1 aromatic rings. The molecule has 74 valence electrons. The lowest BCUT2D eigenvalue weighted by atomic mass is 10.2. The highest BCUT2D eigenvalue weighted by molar-refractivity contribution is 5.42. The van der Waals surface area contributed by atoms with Crippen LogP contribution >= 0.6 is 0 Å². The Morgan fingerprint density at radius 2 is 2.21 bits per heavy atom. The van der Waals surface area contributed by atoms with Crippen molar-refractivity contribution in [1.29, 1.82) is 5.26 Å². The smallest absolute Gasteiger partial charge is 0.284 e. The lowest BCUT2D eigenvalue weighted by Gasteiger charge is -2.08. The van der Waals surface area contributed by atoms with Crippen LogP contribution < -0.4 is 4.74 Å². The molecule has 0 radical (unpaired) electrons. The Hall–Kier alpha value is -1.70. The fourth-order valence-corrected chi connectivity index (χ4v) is 1.04. The summed E-state index contributed by atoms with van der Waals surface area (Å²) in [6.07, 6.45) is -2.70. The van der Waals surface area contributed by atoms with Crippen molar-refractivity contribution < 1.29 is 13.5 Å². The Morgan fingerprint density at radius 3 is 2.64 bits per heavy atom. The number of hydrogen-bond acceptors (Lipinski definition) is 3. The zero-order chi connectivity index (χ0) is 10.7. The second-order valence-corrected chi connectivity index (χ2v) is 2.62. The van der Waals surface area contributed by atoms with Crippen LogP contribution in [0.1, 0.15) is 23.4 Å². The highest BCUT2D eigenvalue weighted by atomic mass is 19.3. The van der Waals surface area contributed by atoms with E-state index in [9.17, 15) is 8.78 Å². The van der Waals surface area contributed by atoms with E-state index in [2.05, 4.69) is 4.98 Å². The van der Waals surface area contributed by atoms with Gasteiger partial charge < -0.3 is 4.74 Å². The number of aryl methyl sites for hydroxylation is 1. The number of ether oxygens (including phenoxy) is 1. The average molecular weight is 198 g/mol. The van der Waals surface area contributed by atoms with Crippen molar-refractivity contribution in [3.8, 4) is 11.8 Å². The minimum absolute atomic E-state index is 0.0536. The van der Waals surface area contributed by atoms with Gasteiger partial charge in [0.15, 0.2) is 0 Å². The minimum Gasteiger partial charge on any atom is -0.495 e. The largest absolute Gasteiger partial charge is 0.495 e. The van der Waals surface area contributed by atoms with Gasteiger partial charge in [0, 0.05) is 6.07 Å². The molecule has 1 rings (SSSR count). The quantitative estimate of drug-likeness (QED) is 0.731. The summed E-state index contributed by atoms with van der Waals surface area (Å²) >= 11 is 0. The first kappa shape index (κ1) is 10.4. The second kappa shape index (κ2) is 4.01. The summed E-state index contributed by atoms with van der Waals surface area (Å²) in [4.78, 5) is 3.62. The highest BCUT2D eigenvalue weighted by Gasteiger charge is 2.17. The van der Waals surface area contributed by atoms with E-state index in [1.165, 1.54) is 20.1 Å². The van der Waals surface area contributed by atoms with Gasteiger partial charge in [-0.1, -0.05) is 0 Å². The zero-order valence-corrected chi connectivity index (χ0v) is 7.71. The molecule has 0 aromatic carbocycles. The molecule has 1 aromatic heterocycles. The maximum absolute atomic E-state index is 12.4. The summed E-state index contributed by atoms with van der Waals surface area (Å²) in [5.74, 6) is -0.0536. The Bertz CT molecular complexity index is 385. The fraction of sp³-hybridized carbons (Fsp3) is 0.333. The Morgan fingerprint density at radius 1 is 1.57 bits per heavy atom. The molecule has 14 heavy (non-hydrogen) atoms. The van der Waals surface area contributed by atoms with Crippen molar-refractivity contribution in [2.75, 3.05) is 7.11 Å². The molecule has 0 unspecified atom stereocenters. The predicted octanol–water partition coefficient (Wildman–Crippen LogP) is 2.21. The van der Waals surface area contributed by atoms with E-state index in [4.69, 9.17) is 10.00 Å². The van der Waals surface area contributed by atoms with Crippen molar-refractivity contribution >= 4 is 0 Å². The van der Waals surface area contributed by atoms with Crippen molar-refractivity contribution in [2.24, 2.45) is 0 Å². The first-order valence-corrected chi connectivity index (χ1v) is 3.84. The molecular formula is C9H8F2N2O. The van der Waals surface area contributed by atoms with Gasteiger partial charge in [0.2, 0.25) is 0 Å². The maximum atomic E-state index is 12.4. The molecule has 0 bridgehead atoms. The van der Waals surface area contributed by atoms with Crippen LogP contribution in [0.5, 0.6) is 5.75 Å². The molecule has 0 aliphatic rings. The number of pyridine rings is 1. The standard InChI is InChI=1S/C9H8F2N2O/c1-5-6(4-12)3-7(14-2)8(13-5)9(10)11/h3,9H,1-2H3. The topological polar surface area (TPSA) is 45.9 Å². The van der Waals surface area contributed by atoms with Crippen LogP contribution in [0.2, 0.25) is 0 Å². The summed E-state index contributed by atoms with van der Waals surface area (Å²) in [6.45, 7) is 1.50. The fourth-order valence-electron chi connectivity index (χ4n) is 1.04. The Balaban J connectivity index is 3.33. The zero-order valence-electron chi connectivity index (χ0n) is 7.71. The molecule has 0 fully saturated rings. The first-order valence-electron chi connectivity index (χ1n) is 3.84. The molecule has 0 saturated heterocycles. The van der Waals surface area contributed by atoms with Gasteiger partial charge in [-0.05, 0) is 6.92 Å². The van der Waals surface area contributed by atoms with E-state index in [0.29, 0.717) is 0 Å². The van der Waals surface area contributed by atoms with Gasteiger partial charge in [0.1, 0.15) is 17.5 Å². The third-order valence-electron chi connectivity index (χ3n) is 1.75. The lowest BCUT2D eigenvalue weighted by Crippen LogP contribution is -2.00. The van der Waals surface area contributed by atoms with Crippen LogP contribution in [0, 0.1) is 18.3 Å². The van der Waals surface area contributed by atoms with Crippen LogP contribution in [-0.4, -0.2) is 12.1 Å². The van der Waals surface area contributed by atoms with E-state index >= 15 is 0 Å². The van der Waals surface area contributed by atoms with Crippen LogP contribution in [-0.2, 0) is 0 Å². The van der Waals surface area contributed by atoms with Gasteiger partial charge in [-0.2, -0.15) is 5.26 Å². The van der Waals surface area contributed by atoms with E-state index in [1.807, 2.05) is 6.07 Å².